The zero-order chi connectivity index (χ0) is 18.6. The predicted octanol–water partition coefficient (Wildman–Crippen LogP) is 4.08. The van der Waals surface area contributed by atoms with Crippen LogP contribution >= 0.6 is 22.9 Å². The number of carbonyl (C=O) groups is 1. The first-order valence-electron chi connectivity index (χ1n) is 8.75. The highest BCUT2D eigenvalue weighted by Gasteiger charge is 2.27. The summed E-state index contributed by atoms with van der Waals surface area (Å²) in [6.45, 7) is 1.09. The fraction of sp³-hybridized carbons (Fsp3) is 0.250. The quantitative estimate of drug-likeness (QED) is 0.702. The van der Waals surface area contributed by atoms with Crippen LogP contribution < -0.4 is 10.1 Å². The van der Waals surface area contributed by atoms with E-state index < -0.39 is 0 Å². The first-order valence-corrected chi connectivity index (χ1v) is 10.0. The minimum Gasteiger partial charge on any atom is -0.493 e. The number of hydrogen-bond acceptors (Lipinski definition) is 5. The second-order valence-electron chi connectivity index (χ2n) is 6.28. The highest BCUT2D eigenvalue weighted by molar-refractivity contribution is 7.09. The van der Waals surface area contributed by atoms with E-state index in [1.54, 1.807) is 29.8 Å². The minimum atomic E-state index is -0.226. The third-order valence-corrected chi connectivity index (χ3v) is 5.64. The smallest absolute Gasteiger partial charge is 0.227 e. The van der Waals surface area contributed by atoms with Crippen LogP contribution in [-0.2, 0) is 11.2 Å². The molecule has 1 amide bonds. The van der Waals surface area contributed by atoms with Crippen molar-refractivity contribution in [1.82, 2.24) is 15.3 Å². The number of benzene rings is 1. The van der Waals surface area contributed by atoms with Crippen molar-refractivity contribution in [2.24, 2.45) is 0 Å². The van der Waals surface area contributed by atoms with E-state index in [-0.39, 0.29) is 11.8 Å². The average Bonchev–Trinajstić information content (AvgIpc) is 3.17. The van der Waals surface area contributed by atoms with Crippen LogP contribution in [0.1, 0.15) is 22.9 Å². The van der Waals surface area contributed by atoms with Gasteiger partial charge in [0.1, 0.15) is 5.75 Å². The Morgan fingerprint density at radius 3 is 3.00 bits per heavy atom. The van der Waals surface area contributed by atoms with Gasteiger partial charge in [-0.25, -0.2) is 4.98 Å². The first-order chi connectivity index (χ1) is 13.2. The highest BCUT2D eigenvalue weighted by atomic mass is 35.5. The molecule has 0 radical (unpaired) electrons. The van der Waals surface area contributed by atoms with Gasteiger partial charge in [-0.1, -0.05) is 11.6 Å². The van der Waals surface area contributed by atoms with E-state index in [1.165, 1.54) is 0 Å². The number of rotatable bonds is 5. The van der Waals surface area contributed by atoms with E-state index in [9.17, 15) is 4.79 Å². The second kappa shape index (κ2) is 8.06. The third-order valence-electron chi connectivity index (χ3n) is 4.49. The number of nitrogens with zero attached hydrogens (tertiary/aromatic N) is 2. The molecule has 4 rings (SSSR count). The van der Waals surface area contributed by atoms with Gasteiger partial charge < -0.3 is 10.1 Å². The van der Waals surface area contributed by atoms with Crippen molar-refractivity contribution < 1.29 is 9.53 Å². The Labute approximate surface area is 166 Å². The molecule has 1 N–H and O–H groups in total. The van der Waals surface area contributed by atoms with Gasteiger partial charge >= 0.3 is 0 Å². The molecule has 1 aliphatic heterocycles. The molecule has 7 heteroatoms. The molecular weight excluding hydrogens is 382 g/mol. The zero-order valence-electron chi connectivity index (χ0n) is 14.5. The lowest BCUT2D eigenvalue weighted by Crippen LogP contribution is -2.33. The zero-order valence-corrected chi connectivity index (χ0v) is 16.1. The maximum absolute atomic E-state index is 12.7. The van der Waals surface area contributed by atoms with Crippen LogP contribution in [0.2, 0.25) is 5.02 Å². The minimum absolute atomic E-state index is 0.00716. The van der Waals surface area contributed by atoms with Crippen molar-refractivity contribution in [2.75, 3.05) is 13.2 Å². The van der Waals surface area contributed by atoms with E-state index in [2.05, 4.69) is 15.3 Å². The van der Waals surface area contributed by atoms with Gasteiger partial charge in [-0.2, -0.15) is 0 Å². The standard InChI is InChI=1S/C20H18ClN3O2S/c21-14-1-2-18-16(11-14)15(6-10-26-18)20(25)23-9-5-19-24-17(12-27-19)13-3-7-22-8-4-13/h1-4,7-8,11-12,15H,5-6,9-10H2,(H,23,25). The molecule has 0 fully saturated rings. The molecule has 5 nitrogen and oxygen atoms in total. The summed E-state index contributed by atoms with van der Waals surface area (Å²) in [5, 5.41) is 6.67. The van der Waals surface area contributed by atoms with Crippen molar-refractivity contribution >= 4 is 28.8 Å². The van der Waals surface area contributed by atoms with Crippen LogP contribution in [0.5, 0.6) is 5.75 Å². The lowest BCUT2D eigenvalue weighted by molar-refractivity contribution is -0.123. The average molecular weight is 400 g/mol. The van der Waals surface area contributed by atoms with E-state index >= 15 is 0 Å². The molecule has 0 aliphatic carbocycles. The summed E-state index contributed by atoms with van der Waals surface area (Å²) in [5.41, 5.74) is 2.85. The Morgan fingerprint density at radius 2 is 2.15 bits per heavy atom. The van der Waals surface area contributed by atoms with Crippen LogP contribution in [0.4, 0.5) is 0 Å². The third kappa shape index (κ3) is 4.12. The maximum atomic E-state index is 12.7. The van der Waals surface area contributed by atoms with Crippen LogP contribution in [0.15, 0.2) is 48.1 Å². The number of halogens is 1. The monoisotopic (exact) mass is 399 g/mol. The summed E-state index contributed by atoms with van der Waals surface area (Å²) in [7, 11) is 0. The summed E-state index contributed by atoms with van der Waals surface area (Å²) in [5.74, 6) is 0.525. The maximum Gasteiger partial charge on any atom is 0.227 e. The van der Waals surface area contributed by atoms with Gasteiger partial charge in [0.05, 0.1) is 23.2 Å². The largest absolute Gasteiger partial charge is 0.493 e. The number of hydrogen-bond donors (Lipinski definition) is 1. The number of aromatic nitrogens is 2. The fourth-order valence-corrected chi connectivity index (χ4v) is 4.12. The molecule has 1 aliphatic rings. The van der Waals surface area contributed by atoms with Crippen molar-refractivity contribution in [1.29, 1.82) is 0 Å². The Hall–Kier alpha value is -2.44. The number of pyridine rings is 1. The second-order valence-corrected chi connectivity index (χ2v) is 7.65. The van der Waals surface area contributed by atoms with Crippen molar-refractivity contribution in [3.05, 3.63) is 63.7 Å². The van der Waals surface area contributed by atoms with E-state index in [1.807, 2.05) is 29.6 Å². The predicted molar refractivity (Wildman–Crippen MR) is 106 cm³/mol. The highest BCUT2D eigenvalue weighted by Crippen LogP contribution is 2.35. The molecular formula is C20H18ClN3O2S. The van der Waals surface area contributed by atoms with Crippen molar-refractivity contribution in [3.8, 4) is 17.0 Å². The van der Waals surface area contributed by atoms with Crippen LogP contribution in [0.3, 0.4) is 0 Å². The van der Waals surface area contributed by atoms with Crippen LogP contribution in [0.25, 0.3) is 11.3 Å². The summed E-state index contributed by atoms with van der Waals surface area (Å²) in [6, 6.07) is 9.31. The first kappa shape index (κ1) is 17.9. The number of ether oxygens (including phenoxy) is 1. The molecule has 3 heterocycles. The lowest BCUT2D eigenvalue weighted by Gasteiger charge is -2.25. The molecule has 1 aromatic carbocycles. The van der Waals surface area contributed by atoms with Crippen molar-refractivity contribution in [3.63, 3.8) is 0 Å². The molecule has 138 valence electrons. The molecule has 0 spiro atoms. The van der Waals surface area contributed by atoms with Gasteiger partial charge in [0.15, 0.2) is 0 Å². The van der Waals surface area contributed by atoms with E-state index in [0.717, 1.165) is 27.6 Å². The van der Waals surface area contributed by atoms with Gasteiger partial charge in [-0.15, -0.1) is 11.3 Å². The normalized spacial score (nSPS) is 15.7. The SMILES string of the molecule is O=C(NCCc1nc(-c2ccncc2)cs1)C1CCOc2ccc(Cl)cc21. The molecule has 0 saturated carbocycles. The summed E-state index contributed by atoms with van der Waals surface area (Å²) in [4.78, 5) is 21.3. The number of carbonyl (C=O) groups excluding carboxylic acids is 1. The van der Waals surface area contributed by atoms with Crippen LogP contribution in [0, 0.1) is 0 Å². The van der Waals surface area contributed by atoms with E-state index in [0.29, 0.717) is 31.0 Å². The van der Waals surface area contributed by atoms with Crippen LogP contribution in [-0.4, -0.2) is 29.0 Å². The molecule has 0 saturated heterocycles. The molecule has 27 heavy (non-hydrogen) atoms. The number of thiazole rings is 1. The number of fused-ring (bicyclic) bond motifs is 1. The Morgan fingerprint density at radius 1 is 1.30 bits per heavy atom. The molecule has 2 aromatic heterocycles. The van der Waals surface area contributed by atoms with Gasteiger partial charge in [0.2, 0.25) is 5.91 Å². The number of nitrogens with one attached hydrogen (secondary N) is 1. The summed E-state index contributed by atoms with van der Waals surface area (Å²) in [6.07, 6.45) is 4.87. The van der Waals surface area contributed by atoms with E-state index in [4.69, 9.17) is 16.3 Å². The van der Waals surface area contributed by atoms with Gasteiger partial charge in [-0.05, 0) is 36.8 Å². The molecule has 1 unspecified atom stereocenters. The molecule has 1 atom stereocenters. The topological polar surface area (TPSA) is 64.1 Å². The van der Waals surface area contributed by atoms with Crippen molar-refractivity contribution in [2.45, 2.75) is 18.8 Å². The molecule has 3 aromatic rings. The Bertz CT molecular complexity index is 945. The Kier molecular flexibility index (Phi) is 5.36. The lowest BCUT2D eigenvalue weighted by atomic mass is 9.92. The summed E-state index contributed by atoms with van der Waals surface area (Å²) < 4.78 is 5.63. The van der Waals surface area contributed by atoms with Gasteiger partial charge in [0, 0.05) is 46.9 Å². The fourth-order valence-electron chi connectivity index (χ4n) is 3.13. The molecule has 0 bridgehead atoms. The van der Waals surface area contributed by atoms with Gasteiger partial charge in [-0.3, -0.25) is 9.78 Å². The van der Waals surface area contributed by atoms with Gasteiger partial charge in [0.25, 0.3) is 0 Å². The Balaban J connectivity index is 1.36. The number of amides is 1. The summed E-state index contributed by atoms with van der Waals surface area (Å²) >= 11 is 7.69.